The molecule has 0 spiro atoms. The highest BCUT2D eigenvalue weighted by Crippen LogP contribution is 2.32. The number of aliphatic imine (C=N–C) groups is 1. The first-order valence-corrected chi connectivity index (χ1v) is 9.94. The van der Waals surface area contributed by atoms with Gasteiger partial charge in [-0.15, -0.1) is 0 Å². The molecule has 0 unspecified atom stereocenters. The van der Waals surface area contributed by atoms with Gasteiger partial charge in [0.05, 0.1) is 5.69 Å². The van der Waals surface area contributed by atoms with Gasteiger partial charge in [0.1, 0.15) is 5.76 Å². The largest absolute Gasteiger partial charge is 0.381 e. The minimum Gasteiger partial charge on any atom is -0.381 e. The van der Waals surface area contributed by atoms with Crippen LogP contribution in [0.15, 0.2) is 9.52 Å². The van der Waals surface area contributed by atoms with Crippen molar-refractivity contribution >= 4 is 17.7 Å². The molecule has 0 bridgehead atoms. The minimum atomic E-state index is 0.232. The Kier molecular flexibility index (Phi) is 7.42. The van der Waals surface area contributed by atoms with Crippen molar-refractivity contribution in [1.29, 1.82) is 0 Å². The normalized spacial score (nSPS) is 17.8. The summed E-state index contributed by atoms with van der Waals surface area (Å²) in [6.45, 7) is 7.45. The highest BCUT2D eigenvalue weighted by molar-refractivity contribution is 8.00. The summed E-state index contributed by atoms with van der Waals surface area (Å²) in [5.41, 5.74) is 2.19. The quantitative estimate of drug-likeness (QED) is 0.579. The molecule has 1 fully saturated rings. The van der Waals surface area contributed by atoms with E-state index in [9.17, 15) is 0 Å². The van der Waals surface area contributed by atoms with Crippen molar-refractivity contribution in [2.75, 3.05) is 33.1 Å². The van der Waals surface area contributed by atoms with Crippen molar-refractivity contribution in [3.05, 3.63) is 17.0 Å². The highest BCUT2D eigenvalue weighted by Gasteiger charge is 2.31. The molecular formula is C17H30N4O2S. The maximum absolute atomic E-state index is 5.50. The summed E-state index contributed by atoms with van der Waals surface area (Å²) in [6, 6.07) is 0. The highest BCUT2D eigenvalue weighted by atomic mass is 32.2. The average molecular weight is 355 g/mol. The lowest BCUT2D eigenvalue weighted by atomic mass is 9.99. The average Bonchev–Trinajstić information content (AvgIpc) is 3.04. The molecule has 2 heterocycles. The molecule has 1 aliphatic heterocycles. The Hall–Kier alpha value is -1.21. The minimum absolute atomic E-state index is 0.232. The summed E-state index contributed by atoms with van der Waals surface area (Å²) in [5, 5.41) is 11.0. The molecule has 7 heteroatoms. The van der Waals surface area contributed by atoms with Crippen LogP contribution in [-0.4, -0.2) is 48.9 Å². The molecule has 24 heavy (non-hydrogen) atoms. The molecule has 1 aromatic heterocycles. The lowest BCUT2D eigenvalue weighted by Gasteiger charge is -2.36. The molecule has 6 nitrogen and oxygen atoms in total. The zero-order valence-corrected chi connectivity index (χ0v) is 16.1. The summed E-state index contributed by atoms with van der Waals surface area (Å²) in [7, 11) is 1.81. The number of thioether (sulfide) groups is 1. The van der Waals surface area contributed by atoms with Gasteiger partial charge < -0.3 is 19.9 Å². The van der Waals surface area contributed by atoms with E-state index < -0.39 is 0 Å². The summed E-state index contributed by atoms with van der Waals surface area (Å²) >= 11 is 1.92. The van der Waals surface area contributed by atoms with E-state index in [0.717, 1.165) is 68.4 Å². The molecule has 2 N–H and O–H groups in total. The van der Waals surface area contributed by atoms with Crippen LogP contribution in [0.4, 0.5) is 0 Å². The number of rotatable bonds is 7. The zero-order valence-electron chi connectivity index (χ0n) is 15.3. The van der Waals surface area contributed by atoms with Crippen LogP contribution in [0, 0.1) is 0 Å². The summed E-state index contributed by atoms with van der Waals surface area (Å²) < 4.78 is 11.2. The number of aromatic nitrogens is 1. The van der Waals surface area contributed by atoms with Crippen LogP contribution in [0.5, 0.6) is 0 Å². The Labute approximate surface area is 149 Å². The van der Waals surface area contributed by atoms with Crippen molar-refractivity contribution in [3.8, 4) is 0 Å². The topological polar surface area (TPSA) is 71.7 Å². The van der Waals surface area contributed by atoms with E-state index in [4.69, 9.17) is 9.26 Å². The van der Waals surface area contributed by atoms with E-state index in [1.165, 1.54) is 0 Å². The lowest BCUT2D eigenvalue weighted by molar-refractivity contribution is 0.0783. The molecule has 0 saturated carbocycles. The van der Waals surface area contributed by atoms with Gasteiger partial charge in [0.2, 0.25) is 0 Å². The predicted molar refractivity (Wildman–Crippen MR) is 99.8 cm³/mol. The number of aryl methyl sites for hydroxylation is 2. The molecule has 0 amide bonds. The van der Waals surface area contributed by atoms with Gasteiger partial charge in [0, 0.05) is 50.1 Å². The molecule has 0 aromatic carbocycles. The van der Waals surface area contributed by atoms with Gasteiger partial charge in [-0.05, 0) is 25.5 Å². The second-order valence-corrected chi connectivity index (χ2v) is 7.29. The van der Waals surface area contributed by atoms with E-state index >= 15 is 0 Å². The van der Waals surface area contributed by atoms with Gasteiger partial charge in [-0.2, -0.15) is 11.8 Å². The molecule has 136 valence electrons. The number of hydrogen-bond acceptors (Lipinski definition) is 5. The first-order valence-electron chi connectivity index (χ1n) is 8.71. The molecule has 0 radical (unpaired) electrons. The zero-order chi connectivity index (χ0) is 17.4. The second kappa shape index (κ2) is 9.32. The van der Waals surface area contributed by atoms with Crippen LogP contribution in [0.1, 0.15) is 43.7 Å². The van der Waals surface area contributed by atoms with Crippen molar-refractivity contribution in [3.63, 3.8) is 0 Å². The smallest absolute Gasteiger partial charge is 0.191 e. The lowest BCUT2D eigenvalue weighted by Crippen LogP contribution is -2.47. The molecule has 1 saturated heterocycles. The third kappa shape index (κ3) is 4.66. The fraction of sp³-hybridized carbons (Fsp3) is 0.765. The first kappa shape index (κ1) is 19.1. The molecule has 0 aliphatic carbocycles. The fourth-order valence-corrected chi connectivity index (χ4v) is 3.76. The number of ether oxygens (including phenoxy) is 1. The predicted octanol–water partition coefficient (Wildman–Crippen LogP) is 2.38. The van der Waals surface area contributed by atoms with Gasteiger partial charge in [-0.3, -0.25) is 4.99 Å². The Bertz CT molecular complexity index is 517. The molecule has 0 atom stereocenters. The van der Waals surface area contributed by atoms with Crippen LogP contribution in [0.25, 0.3) is 0 Å². The van der Waals surface area contributed by atoms with E-state index in [1.54, 1.807) is 7.05 Å². The van der Waals surface area contributed by atoms with Gasteiger partial charge >= 0.3 is 0 Å². The first-order chi connectivity index (χ1) is 11.7. The summed E-state index contributed by atoms with van der Waals surface area (Å²) in [4.78, 5) is 4.35. The number of nitrogens with zero attached hydrogens (tertiary/aromatic N) is 2. The maximum Gasteiger partial charge on any atom is 0.191 e. The monoisotopic (exact) mass is 354 g/mol. The molecule has 1 aromatic rings. The van der Waals surface area contributed by atoms with Crippen molar-refractivity contribution < 1.29 is 9.26 Å². The van der Waals surface area contributed by atoms with Crippen molar-refractivity contribution in [2.24, 2.45) is 4.99 Å². The number of nitrogens with one attached hydrogen (secondary N) is 2. The van der Waals surface area contributed by atoms with Crippen LogP contribution in [-0.2, 0) is 24.1 Å². The Morgan fingerprint density at radius 2 is 2.00 bits per heavy atom. The molecule has 2 rings (SSSR count). The number of guanidine groups is 1. The van der Waals surface area contributed by atoms with Crippen LogP contribution in [0.3, 0.4) is 0 Å². The van der Waals surface area contributed by atoms with Crippen LogP contribution in [0.2, 0.25) is 0 Å². The Morgan fingerprint density at radius 1 is 1.25 bits per heavy atom. The van der Waals surface area contributed by atoms with Gasteiger partial charge in [0.15, 0.2) is 5.96 Å². The molecular weight excluding hydrogens is 324 g/mol. The van der Waals surface area contributed by atoms with Crippen molar-refractivity contribution in [1.82, 2.24) is 15.8 Å². The standard InChI is InChI=1S/C17H30N4O2S/c1-5-14-13(15(6-2)23-21-14)11-19-16(18-3)20-12-17(24-4)7-9-22-10-8-17/h5-12H2,1-4H3,(H2,18,19,20). The van der Waals surface area contributed by atoms with Gasteiger partial charge in [-0.25, -0.2) is 0 Å². The van der Waals surface area contributed by atoms with Gasteiger partial charge in [0.25, 0.3) is 0 Å². The fourth-order valence-electron chi connectivity index (χ4n) is 2.97. The van der Waals surface area contributed by atoms with E-state index in [0.29, 0.717) is 6.54 Å². The molecule has 1 aliphatic rings. The van der Waals surface area contributed by atoms with Crippen molar-refractivity contribution in [2.45, 2.75) is 50.8 Å². The van der Waals surface area contributed by atoms with E-state index in [2.05, 4.69) is 40.9 Å². The Balaban J connectivity index is 1.92. The second-order valence-electron chi connectivity index (χ2n) is 6.02. The van der Waals surface area contributed by atoms with Crippen LogP contribution < -0.4 is 10.6 Å². The number of hydrogen-bond donors (Lipinski definition) is 2. The van der Waals surface area contributed by atoms with Crippen LogP contribution >= 0.6 is 11.8 Å². The third-order valence-electron chi connectivity index (χ3n) is 4.68. The van der Waals surface area contributed by atoms with Gasteiger partial charge in [-0.1, -0.05) is 19.0 Å². The van der Waals surface area contributed by atoms with E-state index in [-0.39, 0.29) is 4.75 Å². The Morgan fingerprint density at radius 3 is 2.58 bits per heavy atom. The van der Waals surface area contributed by atoms with E-state index in [1.807, 2.05) is 11.8 Å². The summed E-state index contributed by atoms with van der Waals surface area (Å²) in [5.74, 6) is 1.78. The summed E-state index contributed by atoms with van der Waals surface area (Å²) in [6.07, 6.45) is 6.06. The maximum atomic E-state index is 5.50. The third-order valence-corrected chi connectivity index (χ3v) is 6.10. The SMILES string of the molecule is CCc1noc(CC)c1CNC(=NC)NCC1(SC)CCOCC1.